The van der Waals surface area contributed by atoms with Crippen LogP contribution in [0.2, 0.25) is 0 Å². The standard InChI is InChI=1S/C8H15N3/c1-3-4-9-7(2)8-5-10-11-6-8/h5-7,9H,3-4H2,1-2H3,(H,10,11). The Balaban J connectivity index is 2.36. The van der Waals surface area contributed by atoms with Gasteiger partial charge in [-0.2, -0.15) is 5.10 Å². The number of aromatic amines is 1. The number of hydrogen-bond donors (Lipinski definition) is 2. The van der Waals surface area contributed by atoms with Crippen molar-refractivity contribution in [2.24, 2.45) is 0 Å². The Labute approximate surface area is 67.2 Å². The molecule has 1 aromatic heterocycles. The molecule has 0 aromatic carbocycles. The minimum absolute atomic E-state index is 0.411. The van der Waals surface area contributed by atoms with E-state index in [1.165, 1.54) is 12.0 Å². The summed E-state index contributed by atoms with van der Waals surface area (Å²) in [4.78, 5) is 0. The van der Waals surface area contributed by atoms with E-state index in [-0.39, 0.29) is 0 Å². The number of H-pyrrole nitrogens is 1. The summed E-state index contributed by atoms with van der Waals surface area (Å²) in [6, 6.07) is 0.411. The molecule has 62 valence electrons. The van der Waals surface area contributed by atoms with Crippen LogP contribution in [0.5, 0.6) is 0 Å². The van der Waals surface area contributed by atoms with Crippen molar-refractivity contribution in [1.29, 1.82) is 0 Å². The molecule has 3 heteroatoms. The number of aromatic nitrogens is 2. The van der Waals surface area contributed by atoms with Gasteiger partial charge < -0.3 is 5.32 Å². The highest BCUT2D eigenvalue weighted by Crippen LogP contribution is 2.07. The molecule has 0 aliphatic rings. The van der Waals surface area contributed by atoms with Gasteiger partial charge in [0, 0.05) is 17.8 Å². The lowest BCUT2D eigenvalue weighted by Crippen LogP contribution is -2.18. The van der Waals surface area contributed by atoms with Gasteiger partial charge >= 0.3 is 0 Å². The van der Waals surface area contributed by atoms with E-state index in [9.17, 15) is 0 Å². The van der Waals surface area contributed by atoms with Gasteiger partial charge in [-0.15, -0.1) is 0 Å². The van der Waals surface area contributed by atoms with E-state index in [4.69, 9.17) is 0 Å². The zero-order valence-corrected chi connectivity index (χ0v) is 7.09. The fourth-order valence-electron chi connectivity index (χ4n) is 0.976. The average molecular weight is 153 g/mol. The molecule has 1 aromatic rings. The fraction of sp³-hybridized carbons (Fsp3) is 0.625. The minimum atomic E-state index is 0.411. The zero-order chi connectivity index (χ0) is 8.10. The number of nitrogens with zero attached hydrogens (tertiary/aromatic N) is 1. The van der Waals surface area contributed by atoms with E-state index in [1.54, 1.807) is 0 Å². The van der Waals surface area contributed by atoms with Gasteiger partial charge in [-0.05, 0) is 19.9 Å². The van der Waals surface area contributed by atoms with Crippen molar-refractivity contribution in [2.45, 2.75) is 26.3 Å². The molecule has 0 spiro atoms. The predicted octanol–water partition coefficient (Wildman–Crippen LogP) is 1.47. The SMILES string of the molecule is CCCNC(C)c1cn[nH]c1. The molecule has 3 nitrogen and oxygen atoms in total. The normalized spacial score (nSPS) is 13.3. The molecule has 0 saturated heterocycles. The van der Waals surface area contributed by atoms with Crippen LogP contribution >= 0.6 is 0 Å². The average Bonchev–Trinajstić information content (AvgIpc) is 2.52. The molecule has 0 fully saturated rings. The molecule has 2 N–H and O–H groups in total. The lowest BCUT2D eigenvalue weighted by atomic mass is 10.2. The molecule has 0 aliphatic carbocycles. The summed E-state index contributed by atoms with van der Waals surface area (Å²) in [5.41, 5.74) is 1.22. The third-order valence-electron chi connectivity index (χ3n) is 1.72. The maximum atomic E-state index is 3.89. The topological polar surface area (TPSA) is 40.7 Å². The second-order valence-electron chi connectivity index (χ2n) is 2.71. The van der Waals surface area contributed by atoms with Crippen LogP contribution in [0.3, 0.4) is 0 Å². The summed E-state index contributed by atoms with van der Waals surface area (Å²) in [5.74, 6) is 0. The summed E-state index contributed by atoms with van der Waals surface area (Å²) in [6.45, 7) is 5.36. The van der Waals surface area contributed by atoms with E-state index in [1.807, 2.05) is 12.4 Å². The Morgan fingerprint density at radius 1 is 1.73 bits per heavy atom. The molecule has 0 aliphatic heterocycles. The number of nitrogens with one attached hydrogen (secondary N) is 2. The summed E-state index contributed by atoms with van der Waals surface area (Å²) in [6.07, 6.45) is 4.95. The summed E-state index contributed by atoms with van der Waals surface area (Å²) in [5, 5.41) is 10.1. The zero-order valence-electron chi connectivity index (χ0n) is 7.09. The molecule has 11 heavy (non-hydrogen) atoms. The van der Waals surface area contributed by atoms with E-state index < -0.39 is 0 Å². The van der Waals surface area contributed by atoms with Crippen molar-refractivity contribution in [3.63, 3.8) is 0 Å². The first kappa shape index (κ1) is 8.27. The predicted molar refractivity (Wildman–Crippen MR) is 45.3 cm³/mol. The van der Waals surface area contributed by atoms with Gasteiger partial charge in [0.15, 0.2) is 0 Å². The lowest BCUT2D eigenvalue weighted by Gasteiger charge is -2.09. The first-order valence-electron chi connectivity index (χ1n) is 4.06. The highest BCUT2D eigenvalue weighted by Gasteiger charge is 2.03. The van der Waals surface area contributed by atoms with Gasteiger partial charge in [0.2, 0.25) is 0 Å². The second-order valence-corrected chi connectivity index (χ2v) is 2.71. The summed E-state index contributed by atoms with van der Waals surface area (Å²) in [7, 11) is 0. The molecular formula is C8H15N3. The van der Waals surface area contributed by atoms with Crippen LogP contribution in [0, 0.1) is 0 Å². The van der Waals surface area contributed by atoms with E-state index in [0.717, 1.165) is 6.54 Å². The molecule has 1 atom stereocenters. The summed E-state index contributed by atoms with van der Waals surface area (Å²) < 4.78 is 0. The molecule has 0 radical (unpaired) electrons. The fourth-order valence-corrected chi connectivity index (χ4v) is 0.976. The van der Waals surface area contributed by atoms with Gasteiger partial charge in [-0.3, -0.25) is 5.10 Å². The monoisotopic (exact) mass is 153 g/mol. The third-order valence-corrected chi connectivity index (χ3v) is 1.72. The van der Waals surface area contributed by atoms with Crippen LogP contribution in [0.15, 0.2) is 12.4 Å². The molecule has 1 unspecified atom stereocenters. The van der Waals surface area contributed by atoms with Crippen molar-refractivity contribution >= 4 is 0 Å². The Morgan fingerprint density at radius 2 is 2.55 bits per heavy atom. The Hall–Kier alpha value is -0.830. The Kier molecular flexibility index (Phi) is 3.11. The highest BCUT2D eigenvalue weighted by molar-refractivity contribution is 5.07. The van der Waals surface area contributed by atoms with Crippen LogP contribution in [-0.2, 0) is 0 Å². The second kappa shape index (κ2) is 4.13. The largest absolute Gasteiger partial charge is 0.310 e. The quantitative estimate of drug-likeness (QED) is 0.687. The first-order chi connectivity index (χ1) is 5.34. The van der Waals surface area contributed by atoms with Gasteiger partial charge in [0.05, 0.1) is 6.20 Å². The maximum Gasteiger partial charge on any atom is 0.0534 e. The van der Waals surface area contributed by atoms with E-state index in [0.29, 0.717) is 6.04 Å². The van der Waals surface area contributed by atoms with Crippen LogP contribution in [0.1, 0.15) is 31.9 Å². The molecule has 0 saturated carbocycles. The first-order valence-corrected chi connectivity index (χ1v) is 4.06. The van der Waals surface area contributed by atoms with Crippen molar-refractivity contribution in [3.8, 4) is 0 Å². The third kappa shape index (κ3) is 2.35. The van der Waals surface area contributed by atoms with Gasteiger partial charge in [-0.25, -0.2) is 0 Å². The number of hydrogen-bond acceptors (Lipinski definition) is 2. The van der Waals surface area contributed by atoms with E-state index >= 15 is 0 Å². The molecule has 1 heterocycles. The number of rotatable bonds is 4. The molecular weight excluding hydrogens is 138 g/mol. The minimum Gasteiger partial charge on any atom is -0.310 e. The van der Waals surface area contributed by atoms with Crippen molar-refractivity contribution in [1.82, 2.24) is 15.5 Å². The van der Waals surface area contributed by atoms with Crippen LogP contribution < -0.4 is 5.32 Å². The smallest absolute Gasteiger partial charge is 0.0534 e. The molecule has 0 amide bonds. The van der Waals surface area contributed by atoms with Crippen LogP contribution in [-0.4, -0.2) is 16.7 Å². The van der Waals surface area contributed by atoms with Gasteiger partial charge in [0.1, 0.15) is 0 Å². The van der Waals surface area contributed by atoms with Gasteiger partial charge in [0.25, 0.3) is 0 Å². The molecule has 0 bridgehead atoms. The summed E-state index contributed by atoms with van der Waals surface area (Å²) >= 11 is 0. The Morgan fingerprint density at radius 3 is 3.09 bits per heavy atom. The van der Waals surface area contributed by atoms with Crippen LogP contribution in [0.25, 0.3) is 0 Å². The van der Waals surface area contributed by atoms with Gasteiger partial charge in [-0.1, -0.05) is 6.92 Å². The van der Waals surface area contributed by atoms with Crippen molar-refractivity contribution in [2.75, 3.05) is 6.54 Å². The maximum absolute atomic E-state index is 3.89. The highest BCUT2D eigenvalue weighted by atomic mass is 15.1. The van der Waals surface area contributed by atoms with Crippen LogP contribution in [0.4, 0.5) is 0 Å². The van der Waals surface area contributed by atoms with E-state index in [2.05, 4.69) is 29.4 Å². The Bertz CT molecular complexity index is 181. The molecule has 1 rings (SSSR count). The lowest BCUT2D eigenvalue weighted by molar-refractivity contribution is 0.571. The van der Waals surface area contributed by atoms with Crippen molar-refractivity contribution in [3.05, 3.63) is 18.0 Å². The van der Waals surface area contributed by atoms with Crippen molar-refractivity contribution < 1.29 is 0 Å².